The summed E-state index contributed by atoms with van der Waals surface area (Å²) in [6.45, 7) is 12.4. The highest BCUT2D eigenvalue weighted by Gasteiger charge is 2.27. The molecular weight excluding hydrogens is 220 g/mol. The maximum Gasteiger partial charge on any atom is 0.0791 e. The van der Waals surface area contributed by atoms with Crippen molar-refractivity contribution in [2.75, 3.05) is 31.9 Å². The fourth-order valence-electron chi connectivity index (χ4n) is 2.00. The molecule has 1 rings (SSSR count). The van der Waals surface area contributed by atoms with Crippen LogP contribution >= 0.6 is 11.8 Å². The molecule has 0 saturated carbocycles. The average molecular weight is 246 g/mol. The molecule has 1 aliphatic heterocycles. The van der Waals surface area contributed by atoms with Gasteiger partial charge in [0, 0.05) is 42.7 Å². The van der Waals surface area contributed by atoms with E-state index in [4.69, 9.17) is 0 Å². The lowest BCUT2D eigenvalue weighted by molar-refractivity contribution is 0.107. The van der Waals surface area contributed by atoms with Gasteiger partial charge in [-0.1, -0.05) is 13.8 Å². The van der Waals surface area contributed by atoms with E-state index < -0.39 is 0 Å². The molecule has 1 saturated heterocycles. The molecule has 1 heterocycles. The Balaban J connectivity index is 2.25. The molecule has 2 N–H and O–H groups in total. The van der Waals surface area contributed by atoms with Gasteiger partial charge in [0.1, 0.15) is 0 Å². The van der Waals surface area contributed by atoms with Gasteiger partial charge in [0.25, 0.3) is 0 Å². The summed E-state index contributed by atoms with van der Waals surface area (Å²) in [5.41, 5.74) is 0. The van der Waals surface area contributed by atoms with Crippen LogP contribution in [0.4, 0.5) is 0 Å². The van der Waals surface area contributed by atoms with Crippen LogP contribution in [0.5, 0.6) is 0 Å². The van der Waals surface area contributed by atoms with Gasteiger partial charge in [0.05, 0.1) is 6.10 Å². The molecule has 16 heavy (non-hydrogen) atoms. The normalized spacial score (nSPS) is 23.6. The summed E-state index contributed by atoms with van der Waals surface area (Å²) >= 11 is 2.03. The van der Waals surface area contributed by atoms with Crippen molar-refractivity contribution in [1.82, 2.24) is 10.2 Å². The molecule has 96 valence electrons. The van der Waals surface area contributed by atoms with Gasteiger partial charge >= 0.3 is 0 Å². The van der Waals surface area contributed by atoms with Crippen molar-refractivity contribution >= 4 is 11.8 Å². The lowest BCUT2D eigenvalue weighted by Gasteiger charge is -2.38. The zero-order chi connectivity index (χ0) is 12.2. The molecule has 1 aliphatic rings. The minimum Gasteiger partial charge on any atom is -0.390 e. The van der Waals surface area contributed by atoms with Gasteiger partial charge in [-0.25, -0.2) is 0 Å². The SMILES string of the molecule is CC(C)NCC(O)CN1CCSC(C)(C)C1. The van der Waals surface area contributed by atoms with Crippen LogP contribution < -0.4 is 5.32 Å². The lowest BCUT2D eigenvalue weighted by Crippen LogP contribution is -2.48. The first-order chi connectivity index (χ1) is 7.39. The third-order valence-corrected chi connectivity index (χ3v) is 4.03. The quantitative estimate of drug-likeness (QED) is 0.763. The monoisotopic (exact) mass is 246 g/mol. The molecule has 0 radical (unpaired) electrons. The Labute approximate surface area is 104 Å². The van der Waals surface area contributed by atoms with Gasteiger partial charge in [-0.3, -0.25) is 4.90 Å². The van der Waals surface area contributed by atoms with Crippen molar-refractivity contribution in [2.45, 2.75) is 44.6 Å². The minimum absolute atomic E-state index is 0.249. The molecule has 0 aliphatic carbocycles. The summed E-state index contributed by atoms with van der Waals surface area (Å²) in [5, 5.41) is 13.2. The highest BCUT2D eigenvalue weighted by molar-refractivity contribution is 8.00. The number of hydrogen-bond donors (Lipinski definition) is 2. The van der Waals surface area contributed by atoms with Crippen molar-refractivity contribution in [2.24, 2.45) is 0 Å². The number of thioether (sulfide) groups is 1. The first kappa shape index (κ1) is 14.3. The molecule has 1 unspecified atom stereocenters. The summed E-state index contributed by atoms with van der Waals surface area (Å²) in [5.74, 6) is 1.18. The first-order valence-electron chi connectivity index (χ1n) is 6.17. The van der Waals surface area contributed by atoms with Crippen LogP contribution in [0.25, 0.3) is 0 Å². The Morgan fingerprint density at radius 2 is 2.12 bits per heavy atom. The van der Waals surface area contributed by atoms with Gasteiger partial charge in [-0.15, -0.1) is 0 Å². The Bertz CT molecular complexity index is 209. The highest BCUT2D eigenvalue weighted by Crippen LogP contribution is 2.29. The second-order valence-electron chi connectivity index (χ2n) is 5.56. The highest BCUT2D eigenvalue weighted by atomic mass is 32.2. The van der Waals surface area contributed by atoms with E-state index in [1.54, 1.807) is 0 Å². The molecule has 0 spiro atoms. The largest absolute Gasteiger partial charge is 0.390 e. The lowest BCUT2D eigenvalue weighted by atomic mass is 10.1. The molecule has 3 nitrogen and oxygen atoms in total. The molecule has 0 aromatic rings. The molecule has 0 bridgehead atoms. The summed E-state index contributed by atoms with van der Waals surface area (Å²) in [6.07, 6.45) is -0.249. The van der Waals surface area contributed by atoms with Crippen LogP contribution in [0.15, 0.2) is 0 Å². The predicted octanol–water partition coefficient (Wildman–Crippen LogP) is 1.17. The zero-order valence-electron chi connectivity index (χ0n) is 11.0. The third kappa shape index (κ3) is 5.53. The fourth-order valence-corrected chi connectivity index (χ4v) is 3.18. The van der Waals surface area contributed by atoms with Crippen molar-refractivity contribution in [3.8, 4) is 0 Å². The number of nitrogens with one attached hydrogen (secondary N) is 1. The topological polar surface area (TPSA) is 35.5 Å². The number of nitrogens with zero attached hydrogens (tertiary/aromatic N) is 1. The fraction of sp³-hybridized carbons (Fsp3) is 1.00. The molecule has 0 aromatic heterocycles. The van der Waals surface area contributed by atoms with Gasteiger partial charge in [-0.2, -0.15) is 11.8 Å². The van der Waals surface area contributed by atoms with Crippen molar-refractivity contribution < 1.29 is 5.11 Å². The standard InChI is InChI=1S/C12H26N2OS/c1-10(2)13-7-11(15)8-14-5-6-16-12(3,4)9-14/h10-11,13,15H,5-9H2,1-4H3. The Morgan fingerprint density at radius 3 is 2.69 bits per heavy atom. The van der Waals surface area contributed by atoms with E-state index in [0.717, 1.165) is 19.6 Å². The Hall–Kier alpha value is 0.230. The predicted molar refractivity (Wildman–Crippen MR) is 72.1 cm³/mol. The summed E-state index contributed by atoms with van der Waals surface area (Å²) in [7, 11) is 0. The van der Waals surface area contributed by atoms with Crippen molar-refractivity contribution in [3.63, 3.8) is 0 Å². The number of β-amino-alcohol motifs (C(OH)–C–C–N with tert-alkyl or cyclic N) is 1. The summed E-state index contributed by atoms with van der Waals surface area (Å²) < 4.78 is 0.337. The molecule has 1 atom stereocenters. The number of aliphatic hydroxyl groups is 1. The van der Waals surface area contributed by atoms with E-state index in [0.29, 0.717) is 17.3 Å². The van der Waals surface area contributed by atoms with E-state index in [1.165, 1.54) is 5.75 Å². The maximum absolute atomic E-state index is 9.91. The number of aliphatic hydroxyl groups excluding tert-OH is 1. The Morgan fingerprint density at radius 1 is 1.44 bits per heavy atom. The second-order valence-corrected chi connectivity index (χ2v) is 7.36. The van der Waals surface area contributed by atoms with Crippen molar-refractivity contribution in [1.29, 1.82) is 0 Å². The average Bonchev–Trinajstić information content (AvgIpc) is 2.13. The van der Waals surface area contributed by atoms with E-state index in [1.807, 2.05) is 11.8 Å². The molecule has 1 fully saturated rings. The van der Waals surface area contributed by atoms with Gasteiger partial charge in [0.2, 0.25) is 0 Å². The van der Waals surface area contributed by atoms with Crippen LogP contribution in [0, 0.1) is 0 Å². The third-order valence-electron chi connectivity index (χ3n) is 2.74. The minimum atomic E-state index is -0.249. The smallest absolute Gasteiger partial charge is 0.0791 e. The second kappa shape index (κ2) is 6.24. The van der Waals surface area contributed by atoms with Crippen LogP contribution in [-0.4, -0.2) is 58.8 Å². The van der Waals surface area contributed by atoms with Crippen molar-refractivity contribution in [3.05, 3.63) is 0 Å². The van der Waals surface area contributed by atoms with Crippen LogP contribution in [0.1, 0.15) is 27.7 Å². The zero-order valence-corrected chi connectivity index (χ0v) is 11.8. The first-order valence-corrected chi connectivity index (χ1v) is 7.15. The molecule has 0 amide bonds. The van der Waals surface area contributed by atoms with E-state index in [9.17, 15) is 5.11 Å². The summed E-state index contributed by atoms with van der Waals surface area (Å²) in [6, 6.07) is 0.447. The van der Waals surface area contributed by atoms with E-state index >= 15 is 0 Å². The number of hydrogen-bond acceptors (Lipinski definition) is 4. The van der Waals surface area contributed by atoms with E-state index in [-0.39, 0.29) is 6.10 Å². The number of rotatable bonds is 5. The van der Waals surface area contributed by atoms with Gasteiger partial charge in [0.15, 0.2) is 0 Å². The molecular formula is C12H26N2OS. The van der Waals surface area contributed by atoms with E-state index in [2.05, 4.69) is 37.9 Å². The maximum atomic E-state index is 9.91. The molecule has 4 heteroatoms. The summed E-state index contributed by atoms with van der Waals surface area (Å²) in [4.78, 5) is 2.38. The van der Waals surface area contributed by atoms with Gasteiger partial charge < -0.3 is 10.4 Å². The van der Waals surface area contributed by atoms with Crippen LogP contribution in [0.3, 0.4) is 0 Å². The van der Waals surface area contributed by atoms with Crippen LogP contribution in [0.2, 0.25) is 0 Å². The molecule has 0 aromatic carbocycles. The van der Waals surface area contributed by atoms with Crippen LogP contribution in [-0.2, 0) is 0 Å². The Kier molecular flexibility index (Phi) is 5.57. The van der Waals surface area contributed by atoms with Gasteiger partial charge in [-0.05, 0) is 13.8 Å².